The molecule has 0 saturated carbocycles. The second kappa shape index (κ2) is 7.05. The summed E-state index contributed by atoms with van der Waals surface area (Å²) in [5, 5.41) is 6.74. The zero-order chi connectivity index (χ0) is 14.4. The third kappa shape index (κ3) is 4.66. The van der Waals surface area contributed by atoms with Gasteiger partial charge in [-0.3, -0.25) is 0 Å². The van der Waals surface area contributed by atoms with Crippen molar-refractivity contribution >= 4 is 23.0 Å². The van der Waals surface area contributed by atoms with Crippen LogP contribution in [0.2, 0.25) is 0 Å². The van der Waals surface area contributed by atoms with E-state index in [0.717, 1.165) is 24.3 Å². The predicted molar refractivity (Wildman–Crippen MR) is 82.2 cm³/mol. The lowest BCUT2D eigenvalue weighted by Crippen LogP contribution is -2.36. The van der Waals surface area contributed by atoms with E-state index in [2.05, 4.69) is 17.6 Å². The molecule has 2 aromatic rings. The molecule has 0 bridgehead atoms. The van der Waals surface area contributed by atoms with Gasteiger partial charge in [-0.05, 0) is 62.0 Å². The molecule has 0 aliphatic rings. The number of aryl methyl sites for hydroxylation is 1. The van der Waals surface area contributed by atoms with Gasteiger partial charge in [0.05, 0.1) is 6.26 Å². The number of hydrogen-bond donors (Lipinski definition) is 2. The molecule has 0 unspecified atom stereocenters. The van der Waals surface area contributed by atoms with E-state index in [4.69, 9.17) is 16.6 Å². The number of benzene rings is 1. The lowest BCUT2D eigenvalue weighted by atomic mass is 10.1. The van der Waals surface area contributed by atoms with Crippen LogP contribution in [0.1, 0.15) is 19.1 Å². The Labute approximate surface area is 123 Å². The average Bonchev–Trinajstić information content (AvgIpc) is 2.92. The van der Waals surface area contributed by atoms with Crippen molar-refractivity contribution in [3.05, 3.63) is 54.2 Å². The van der Waals surface area contributed by atoms with Crippen LogP contribution in [0.15, 0.2) is 47.1 Å². The van der Waals surface area contributed by atoms with Crippen molar-refractivity contribution in [2.24, 2.45) is 0 Å². The van der Waals surface area contributed by atoms with Gasteiger partial charge in [0, 0.05) is 18.2 Å². The van der Waals surface area contributed by atoms with Crippen molar-refractivity contribution < 1.29 is 8.81 Å². The third-order valence-corrected chi connectivity index (χ3v) is 3.10. The molecule has 0 aliphatic carbocycles. The first kappa shape index (κ1) is 14.5. The Bertz CT molecular complexity index is 540. The van der Waals surface area contributed by atoms with Crippen molar-refractivity contribution in [1.29, 1.82) is 0 Å². The van der Waals surface area contributed by atoms with E-state index in [0.29, 0.717) is 5.11 Å². The number of nitrogens with one attached hydrogen (secondary N) is 2. The molecule has 0 spiro atoms. The van der Waals surface area contributed by atoms with E-state index in [-0.39, 0.29) is 11.9 Å². The molecule has 3 nitrogen and oxygen atoms in total. The SMILES string of the molecule is C[C@@H](CCc1ccco1)NC(=S)Nc1ccc(F)cc1. The van der Waals surface area contributed by atoms with Crippen LogP contribution >= 0.6 is 12.2 Å². The number of halogens is 1. The minimum absolute atomic E-state index is 0.223. The van der Waals surface area contributed by atoms with Crippen LogP contribution in [0.5, 0.6) is 0 Å². The van der Waals surface area contributed by atoms with Crippen molar-refractivity contribution in [2.75, 3.05) is 5.32 Å². The van der Waals surface area contributed by atoms with Crippen LogP contribution in [-0.4, -0.2) is 11.2 Å². The van der Waals surface area contributed by atoms with E-state index in [1.807, 2.05) is 12.1 Å². The number of thiocarbonyl (C=S) groups is 1. The molecule has 1 aromatic carbocycles. The van der Waals surface area contributed by atoms with Gasteiger partial charge in [-0.15, -0.1) is 0 Å². The Morgan fingerprint density at radius 1 is 1.30 bits per heavy atom. The number of furan rings is 1. The molecule has 2 rings (SSSR count). The van der Waals surface area contributed by atoms with E-state index in [9.17, 15) is 4.39 Å². The van der Waals surface area contributed by atoms with Crippen molar-refractivity contribution in [3.63, 3.8) is 0 Å². The second-order valence-electron chi connectivity index (χ2n) is 4.62. The van der Waals surface area contributed by atoms with Crippen LogP contribution in [0, 0.1) is 5.82 Å². The van der Waals surface area contributed by atoms with Crippen LogP contribution in [0.25, 0.3) is 0 Å². The second-order valence-corrected chi connectivity index (χ2v) is 5.03. The fourth-order valence-corrected chi connectivity index (χ4v) is 2.13. The Hall–Kier alpha value is -1.88. The summed E-state index contributed by atoms with van der Waals surface area (Å²) in [6, 6.07) is 10.2. The summed E-state index contributed by atoms with van der Waals surface area (Å²) in [5.41, 5.74) is 0.766. The zero-order valence-electron chi connectivity index (χ0n) is 11.2. The van der Waals surface area contributed by atoms with Crippen LogP contribution < -0.4 is 10.6 Å². The van der Waals surface area contributed by atoms with Crippen LogP contribution in [0.3, 0.4) is 0 Å². The lowest BCUT2D eigenvalue weighted by molar-refractivity contribution is 0.483. The molecule has 0 fully saturated rings. The van der Waals surface area contributed by atoms with E-state index >= 15 is 0 Å². The first-order chi connectivity index (χ1) is 9.63. The maximum atomic E-state index is 12.8. The molecule has 1 atom stereocenters. The predicted octanol–water partition coefficient (Wildman–Crippen LogP) is 3.73. The van der Waals surface area contributed by atoms with E-state index in [1.54, 1.807) is 18.4 Å². The summed E-state index contributed by atoms with van der Waals surface area (Å²) in [4.78, 5) is 0. The molecule has 1 heterocycles. The lowest BCUT2D eigenvalue weighted by Gasteiger charge is -2.16. The summed E-state index contributed by atoms with van der Waals surface area (Å²) in [5.74, 6) is 0.706. The zero-order valence-corrected chi connectivity index (χ0v) is 12.0. The summed E-state index contributed by atoms with van der Waals surface area (Å²) in [7, 11) is 0. The van der Waals surface area contributed by atoms with E-state index < -0.39 is 0 Å². The summed E-state index contributed by atoms with van der Waals surface area (Å²) < 4.78 is 18.1. The number of hydrogen-bond acceptors (Lipinski definition) is 2. The molecular weight excluding hydrogens is 275 g/mol. The monoisotopic (exact) mass is 292 g/mol. The Balaban J connectivity index is 1.74. The molecule has 0 radical (unpaired) electrons. The smallest absolute Gasteiger partial charge is 0.170 e. The van der Waals surface area contributed by atoms with Gasteiger partial charge < -0.3 is 15.1 Å². The van der Waals surface area contributed by atoms with Crippen LogP contribution in [0.4, 0.5) is 10.1 Å². The molecule has 0 aliphatic heterocycles. The van der Waals surface area contributed by atoms with Gasteiger partial charge in [0.2, 0.25) is 0 Å². The Kier molecular flexibility index (Phi) is 5.12. The topological polar surface area (TPSA) is 37.2 Å². The average molecular weight is 292 g/mol. The molecule has 20 heavy (non-hydrogen) atoms. The van der Waals surface area contributed by atoms with Crippen LogP contribution in [-0.2, 0) is 6.42 Å². The molecule has 5 heteroatoms. The highest BCUT2D eigenvalue weighted by atomic mass is 32.1. The minimum atomic E-state index is -0.263. The Morgan fingerprint density at radius 3 is 2.70 bits per heavy atom. The maximum absolute atomic E-state index is 12.8. The molecule has 2 N–H and O–H groups in total. The minimum Gasteiger partial charge on any atom is -0.469 e. The fraction of sp³-hybridized carbons (Fsp3) is 0.267. The summed E-state index contributed by atoms with van der Waals surface area (Å²) >= 11 is 5.22. The largest absolute Gasteiger partial charge is 0.469 e. The molecule has 0 saturated heterocycles. The van der Waals surface area contributed by atoms with Gasteiger partial charge in [0.15, 0.2) is 5.11 Å². The van der Waals surface area contributed by atoms with Crippen molar-refractivity contribution in [3.8, 4) is 0 Å². The molecule has 1 aromatic heterocycles. The first-order valence-corrected chi connectivity index (χ1v) is 6.90. The summed E-state index contributed by atoms with van der Waals surface area (Å²) in [6.45, 7) is 2.06. The van der Waals surface area contributed by atoms with Crippen molar-refractivity contribution in [2.45, 2.75) is 25.8 Å². The number of rotatable bonds is 5. The van der Waals surface area contributed by atoms with Crippen molar-refractivity contribution in [1.82, 2.24) is 5.32 Å². The van der Waals surface area contributed by atoms with E-state index in [1.165, 1.54) is 12.1 Å². The van der Waals surface area contributed by atoms with Gasteiger partial charge in [-0.1, -0.05) is 0 Å². The quantitative estimate of drug-likeness (QED) is 0.824. The normalized spacial score (nSPS) is 11.9. The third-order valence-electron chi connectivity index (χ3n) is 2.88. The van der Waals surface area contributed by atoms with Gasteiger partial charge in [0.25, 0.3) is 0 Å². The maximum Gasteiger partial charge on any atom is 0.170 e. The van der Waals surface area contributed by atoms with Gasteiger partial charge in [0.1, 0.15) is 11.6 Å². The highest BCUT2D eigenvalue weighted by Gasteiger charge is 2.06. The highest BCUT2D eigenvalue weighted by molar-refractivity contribution is 7.80. The molecule has 0 amide bonds. The molecule has 106 valence electrons. The van der Waals surface area contributed by atoms with Gasteiger partial charge in [-0.25, -0.2) is 4.39 Å². The van der Waals surface area contributed by atoms with Gasteiger partial charge >= 0.3 is 0 Å². The Morgan fingerprint density at radius 2 is 2.05 bits per heavy atom. The number of anilines is 1. The highest BCUT2D eigenvalue weighted by Crippen LogP contribution is 2.09. The van der Waals surface area contributed by atoms with Gasteiger partial charge in [-0.2, -0.15) is 0 Å². The summed E-state index contributed by atoms with van der Waals surface area (Å²) in [6.07, 6.45) is 3.45. The fourth-order valence-electron chi connectivity index (χ4n) is 1.81. The molecular formula is C15H17FN2OS. The standard InChI is InChI=1S/C15H17FN2OS/c1-11(4-9-14-3-2-10-19-14)17-15(20)18-13-7-5-12(16)6-8-13/h2-3,5-8,10-11H,4,9H2,1H3,(H2,17,18,20)/t11-/m0/s1. The first-order valence-electron chi connectivity index (χ1n) is 6.49.